The van der Waals surface area contributed by atoms with E-state index < -0.39 is 0 Å². The molecule has 0 spiro atoms. The Morgan fingerprint density at radius 1 is 0.905 bits per heavy atom. The van der Waals surface area contributed by atoms with Gasteiger partial charge in [0.05, 0.1) is 13.2 Å². The summed E-state index contributed by atoms with van der Waals surface area (Å²) in [5.41, 5.74) is 1.27. The van der Waals surface area contributed by atoms with Crippen molar-refractivity contribution < 1.29 is 14.6 Å². The molecule has 0 aliphatic carbocycles. The van der Waals surface area contributed by atoms with E-state index in [0.29, 0.717) is 13.2 Å². The van der Waals surface area contributed by atoms with Crippen LogP contribution < -0.4 is 4.74 Å². The van der Waals surface area contributed by atoms with Gasteiger partial charge in [-0.15, -0.1) is 0 Å². The second-order valence-corrected chi connectivity index (χ2v) is 5.29. The van der Waals surface area contributed by atoms with Gasteiger partial charge in [0.1, 0.15) is 19.0 Å². The zero-order valence-electron chi connectivity index (χ0n) is 13.3. The van der Waals surface area contributed by atoms with Crippen LogP contribution in [0.15, 0.2) is 24.3 Å². The number of aryl methyl sites for hydroxylation is 1. The smallest absolute Gasteiger partial charge is 0.122 e. The van der Waals surface area contributed by atoms with Crippen molar-refractivity contribution >= 4 is 0 Å². The number of ether oxygens (including phenoxy) is 2. The molecular weight excluding hydrogens is 264 g/mol. The lowest BCUT2D eigenvalue weighted by atomic mass is 10.0. The summed E-state index contributed by atoms with van der Waals surface area (Å²) in [6.07, 6.45) is 8.92. The van der Waals surface area contributed by atoms with Crippen molar-refractivity contribution in [3.63, 3.8) is 0 Å². The summed E-state index contributed by atoms with van der Waals surface area (Å²) >= 11 is 0. The largest absolute Gasteiger partial charge is 0.491 e. The number of hydrogen-bond donors (Lipinski definition) is 0. The lowest BCUT2D eigenvalue weighted by Crippen LogP contribution is -2.09. The summed E-state index contributed by atoms with van der Waals surface area (Å²) < 4.78 is 10.9. The van der Waals surface area contributed by atoms with Crippen molar-refractivity contribution in [3.8, 4) is 5.75 Å². The molecule has 1 radical (unpaired) electrons. The molecule has 0 heterocycles. The Morgan fingerprint density at radius 3 is 2.48 bits per heavy atom. The molecule has 0 amide bonds. The van der Waals surface area contributed by atoms with Crippen molar-refractivity contribution in [2.24, 2.45) is 0 Å². The maximum Gasteiger partial charge on any atom is 0.122 e. The molecule has 1 rings (SSSR count). The highest BCUT2D eigenvalue weighted by Gasteiger charge is 2.03. The predicted octanol–water partition coefficient (Wildman–Crippen LogP) is 4.42. The zero-order valence-corrected chi connectivity index (χ0v) is 13.3. The molecular formula is C18H29O3. The standard InChI is InChI=1S/C18H29O3/c1-2-3-4-5-6-7-10-17-11-8-9-12-18(17)21-16-15-20-14-13-19/h8-9,11-12H,2-7,10,13-16H2,1H3. The third kappa shape index (κ3) is 8.74. The fraction of sp³-hybridized carbons (Fsp3) is 0.667. The lowest BCUT2D eigenvalue weighted by Gasteiger charge is -2.11. The topological polar surface area (TPSA) is 38.4 Å². The van der Waals surface area contributed by atoms with E-state index in [9.17, 15) is 5.11 Å². The van der Waals surface area contributed by atoms with Crippen LogP contribution in [0.1, 0.15) is 51.0 Å². The summed E-state index contributed by atoms with van der Waals surface area (Å²) in [5.74, 6) is 0.955. The van der Waals surface area contributed by atoms with Gasteiger partial charge in [0.25, 0.3) is 0 Å². The van der Waals surface area contributed by atoms with Crippen LogP contribution in [0.25, 0.3) is 0 Å². The number of hydrogen-bond acceptors (Lipinski definition) is 2. The minimum Gasteiger partial charge on any atom is -0.491 e. The molecule has 0 bridgehead atoms. The van der Waals surface area contributed by atoms with E-state index in [1.54, 1.807) is 0 Å². The molecule has 0 saturated heterocycles. The molecule has 1 aromatic rings. The van der Waals surface area contributed by atoms with Crippen molar-refractivity contribution in [2.75, 3.05) is 26.4 Å². The van der Waals surface area contributed by atoms with Crippen LogP contribution in [0, 0.1) is 0 Å². The zero-order chi connectivity index (χ0) is 15.2. The molecule has 0 fully saturated rings. The fourth-order valence-corrected chi connectivity index (χ4v) is 2.32. The number of benzene rings is 1. The van der Waals surface area contributed by atoms with Crippen LogP contribution in [-0.2, 0) is 16.3 Å². The molecule has 0 aliphatic heterocycles. The fourth-order valence-electron chi connectivity index (χ4n) is 2.32. The minimum absolute atomic E-state index is 0.186. The maximum absolute atomic E-state index is 10.3. The average Bonchev–Trinajstić information content (AvgIpc) is 2.52. The van der Waals surface area contributed by atoms with E-state index in [4.69, 9.17) is 9.47 Å². The van der Waals surface area contributed by atoms with Gasteiger partial charge in [-0.05, 0) is 24.5 Å². The van der Waals surface area contributed by atoms with Crippen LogP contribution in [0.4, 0.5) is 0 Å². The van der Waals surface area contributed by atoms with E-state index in [2.05, 4.69) is 19.1 Å². The third-order valence-corrected chi connectivity index (χ3v) is 3.49. The van der Waals surface area contributed by atoms with Gasteiger partial charge in [-0.1, -0.05) is 57.2 Å². The Hall–Kier alpha value is -1.06. The van der Waals surface area contributed by atoms with E-state index in [1.807, 2.05) is 12.1 Å². The van der Waals surface area contributed by atoms with Crippen LogP contribution in [0.3, 0.4) is 0 Å². The van der Waals surface area contributed by atoms with Crippen LogP contribution in [0.5, 0.6) is 5.75 Å². The quantitative estimate of drug-likeness (QED) is 0.505. The molecule has 0 aromatic heterocycles. The van der Waals surface area contributed by atoms with E-state index >= 15 is 0 Å². The maximum atomic E-state index is 10.3. The summed E-state index contributed by atoms with van der Waals surface area (Å²) in [6.45, 7) is 3.31. The van der Waals surface area contributed by atoms with Gasteiger partial charge < -0.3 is 9.47 Å². The van der Waals surface area contributed by atoms with Crippen molar-refractivity contribution in [1.82, 2.24) is 0 Å². The van der Waals surface area contributed by atoms with E-state index in [0.717, 1.165) is 12.2 Å². The average molecular weight is 293 g/mol. The van der Waals surface area contributed by atoms with Crippen LogP contribution in [0.2, 0.25) is 0 Å². The van der Waals surface area contributed by atoms with Gasteiger partial charge >= 0.3 is 0 Å². The van der Waals surface area contributed by atoms with Crippen molar-refractivity contribution in [1.29, 1.82) is 0 Å². The molecule has 0 unspecified atom stereocenters. The van der Waals surface area contributed by atoms with Gasteiger partial charge in [0.15, 0.2) is 0 Å². The molecule has 0 atom stereocenters. The Morgan fingerprint density at radius 2 is 1.67 bits per heavy atom. The molecule has 1 aromatic carbocycles. The summed E-state index contributed by atoms with van der Waals surface area (Å²) in [6, 6.07) is 8.21. The van der Waals surface area contributed by atoms with Gasteiger partial charge in [0.2, 0.25) is 0 Å². The lowest BCUT2D eigenvalue weighted by molar-refractivity contribution is 0.0485. The first-order chi connectivity index (χ1) is 10.4. The second-order valence-electron chi connectivity index (χ2n) is 5.29. The summed E-state index contributed by atoms with van der Waals surface area (Å²) in [5, 5.41) is 10.3. The summed E-state index contributed by atoms with van der Waals surface area (Å²) in [4.78, 5) is 0. The molecule has 3 heteroatoms. The SMILES string of the molecule is CCCCCCCCc1ccccc1OCCOCC[O]. The van der Waals surface area contributed by atoms with Crippen LogP contribution >= 0.6 is 0 Å². The van der Waals surface area contributed by atoms with Gasteiger partial charge in [-0.3, -0.25) is 0 Å². The number of para-hydroxylation sites is 1. The molecule has 0 saturated carbocycles. The Kier molecular flexibility index (Phi) is 10.8. The van der Waals surface area contributed by atoms with Gasteiger partial charge in [-0.25, -0.2) is 5.11 Å². The number of rotatable bonds is 13. The monoisotopic (exact) mass is 293 g/mol. The highest BCUT2D eigenvalue weighted by atomic mass is 16.5. The molecule has 119 valence electrons. The van der Waals surface area contributed by atoms with Gasteiger partial charge in [-0.2, -0.15) is 0 Å². The molecule has 21 heavy (non-hydrogen) atoms. The minimum atomic E-state index is -0.186. The Labute approximate surface area is 129 Å². The second kappa shape index (κ2) is 12.7. The molecule has 0 N–H and O–H groups in total. The first kappa shape index (κ1) is 18.0. The van der Waals surface area contributed by atoms with E-state index in [-0.39, 0.29) is 13.2 Å². The molecule has 3 nitrogen and oxygen atoms in total. The van der Waals surface area contributed by atoms with Crippen molar-refractivity contribution in [3.05, 3.63) is 29.8 Å². The van der Waals surface area contributed by atoms with Gasteiger partial charge in [0, 0.05) is 0 Å². The van der Waals surface area contributed by atoms with E-state index in [1.165, 1.54) is 44.1 Å². The normalized spacial score (nSPS) is 10.8. The Bertz CT molecular complexity index is 352. The van der Waals surface area contributed by atoms with Crippen molar-refractivity contribution in [2.45, 2.75) is 51.9 Å². The highest BCUT2D eigenvalue weighted by molar-refractivity contribution is 5.33. The van der Waals surface area contributed by atoms with Crippen LogP contribution in [-0.4, -0.2) is 26.4 Å². The first-order valence-corrected chi connectivity index (χ1v) is 8.25. The highest BCUT2D eigenvalue weighted by Crippen LogP contribution is 2.20. The summed E-state index contributed by atoms with van der Waals surface area (Å²) in [7, 11) is 0. The first-order valence-electron chi connectivity index (χ1n) is 8.25. The number of unbranched alkanes of at least 4 members (excludes halogenated alkanes) is 5. The predicted molar refractivity (Wildman–Crippen MR) is 85.4 cm³/mol. The third-order valence-electron chi connectivity index (χ3n) is 3.49. The molecule has 0 aliphatic rings. The Balaban J connectivity index is 2.23.